The van der Waals surface area contributed by atoms with Gasteiger partial charge in [-0.2, -0.15) is 0 Å². The van der Waals surface area contributed by atoms with E-state index in [4.69, 9.17) is 11.6 Å². The van der Waals surface area contributed by atoms with Gasteiger partial charge in [-0.05, 0) is 42.7 Å². The summed E-state index contributed by atoms with van der Waals surface area (Å²) in [4.78, 5) is 31.7. The van der Waals surface area contributed by atoms with E-state index in [9.17, 15) is 9.59 Å². The van der Waals surface area contributed by atoms with Crippen LogP contribution in [0.15, 0.2) is 59.7 Å². The fourth-order valence-corrected chi connectivity index (χ4v) is 3.66. The molecule has 0 radical (unpaired) electrons. The maximum absolute atomic E-state index is 12.6. The lowest BCUT2D eigenvalue weighted by atomic mass is 10.0. The van der Waals surface area contributed by atoms with Gasteiger partial charge in [0.05, 0.1) is 0 Å². The Morgan fingerprint density at radius 3 is 2.64 bits per heavy atom. The number of halogens is 1. The topological polar surface area (TPSA) is 66.7 Å². The fraction of sp³-hybridized carbons (Fsp3) is 0.286. The zero-order chi connectivity index (χ0) is 19.5. The molecule has 3 aromatic rings. The standard InChI is InChI=1S/C21H21ClN4O2/c22-16-6-4-15(5-7-16)14-25-11-8-17(9-12-25)24-20(27)18-13-23-19-3-1-2-10-26(19)21(18)28/h1-7,10,13,17H,8-9,11-12,14H2,(H,24,27). The number of piperidine rings is 1. The molecule has 6 nitrogen and oxygen atoms in total. The van der Waals surface area contributed by atoms with Gasteiger partial charge >= 0.3 is 0 Å². The second-order valence-electron chi connectivity index (χ2n) is 7.06. The van der Waals surface area contributed by atoms with Crippen molar-refractivity contribution in [3.05, 3.63) is 81.4 Å². The highest BCUT2D eigenvalue weighted by Gasteiger charge is 2.22. The van der Waals surface area contributed by atoms with E-state index in [1.54, 1.807) is 24.4 Å². The van der Waals surface area contributed by atoms with Gasteiger partial charge in [0.1, 0.15) is 11.2 Å². The number of nitrogens with zero attached hydrogens (tertiary/aromatic N) is 3. The van der Waals surface area contributed by atoms with Crippen molar-refractivity contribution in [2.75, 3.05) is 13.1 Å². The van der Waals surface area contributed by atoms with Gasteiger partial charge < -0.3 is 5.32 Å². The molecule has 1 saturated heterocycles. The van der Waals surface area contributed by atoms with Crippen molar-refractivity contribution in [1.82, 2.24) is 19.6 Å². The summed E-state index contributed by atoms with van der Waals surface area (Å²) < 4.78 is 1.39. The first-order valence-corrected chi connectivity index (χ1v) is 9.72. The van der Waals surface area contributed by atoms with E-state index >= 15 is 0 Å². The highest BCUT2D eigenvalue weighted by atomic mass is 35.5. The number of likely N-dealkylation sites (tertiary alicyclic amines) is 1. The zero-order valence-electron chi connectivity index (χ0n) is 15.3. The number of carbonyl (C=O) groups excluding carboxylic acids is 1. The molecule has 2 aromatic heterocycles. The number of hydrogen-bond acceptors (Lipinski definition) is 4. The molecule has 4 rings (SSSR count). The van der Waals surface area contributed by atoms with E-state index < -0.39 is 0 Å². The maximum Gasteiger partial charge on any atom is 0.270 e. The predicted molar refractivity (Wildman–Crippen MR) is 109 cm³/mol. The third-order valence-corrected chi connectivity index (χ3v) is 5.35. The minimum Gasteiger partial charge on any atom is -0.349 e. The van der Waals surface area contributed by atoms with E-state index in [1.165, 1.54) is 16.2 Å². The van der Waals surface area contributed by atoms with Crippen molar-refractivity contribution < 1.29 is 4.79 Å². The number of rotatable bonds is 4. The van der Waals surface area contributed by atoms with Crippen LogP contribution in [0.3, 0.4) is 0 Å². The lowest BCUT2D eigenvalue weighted by Gasteiger charge is -2.32. The molecule has 3 heterocycles. The molecule has 1 aromatic carbocycles. The molecular weight excluding hydrogens is 376 g/mol. The average Bonchev–Trinajstić information content (AvgIpc) is 2.71. The molecule has 1 amide bonds. The first-order valence-electron chi connectivity index (χ1n) is 9.34. The quantitative estimate of drug-likeness (QED) is 0.736. The molecule has 0 unspecified atom stereocenters. The molecular formula is C21H21ClN4O2. The zero-order valence-corrected chi connectivity index (χ0v) is 16.1. The maximum atomic E-state index is 12.6. The third kappa shape index (κ3) is 4.08. The van der Waals surface area contributed by atoms with Gasteiger partial charge in [-0.1, -0.05) is 29.8 Å². The van der Waals surface area contributed by atoms with Crippen LogP contribution < -0.4 is 10.9 Å². The van der Waals surface area contributed by atoms with E-state index in [1.807, 2.05) is 24.3 Å². The Kier molecular flexibility index (Phi) is 5.41. The third-order valence-electron chi connectivity index (χ3n) is 5.10. The summed E-state index contributed by atoms with van der Waals surface area (Å²) in [5.41, 5.74) is 1.48. The van der Waals surface area contributed by atoms with Crippen molar-refractivity contribution in [3.8, 4) is 0 Å². The number of pyridine rings is 1. The fourth-order valence-electron chi connectivity index (χ4n) is 3.53. The second kappa shape index (κ2) is 8.12. The van der Waals surface area contributed by atoms with Gasteiger partial charge in [-0.25, -0.2) is 4.98 Å². The normalized spacial score (nSPS) is 15.6. The van der Waals surface area contributed by atoms with Crippen molar-refractivity contribution in [2.24, 2.45) is 0 Å². The van der Waals surface area contributed by atoms with Gasteiger partial charge in [0, 0.05) is 43.1 Å². The highest BCUT2D eigenvalue weighted by Crippen LogP contribution is 2.16. The van der Waals surface area contributed by atoms with Crippen LogP contribution in [0, 0.1) is 0 Å². The Morgan fingerprint density at radius 1 is 1.14 bits per heavy atom. The molecule has 1 N–H and O–H groups in total. The van der Waals surface area contributed by atoms with E-state index in [2.05, 4.69) is 15.2 Å². The van der Waals surface area contributed by atoms with Crippen LogP contribution in [0.1, 0.15) is 28.8 Å². The van der Waals surface area contributed by atoms with Crippen LogP contribution in [-0.4, -0.2) is 39.3 Å². The monoisotopic (exact) mass is 396 g/mol. The average molecular weight is 397 g/mol. The summed E-state index contributed by atoms with van der Waals surface area (Å²) in [5, 5.41) is 3.74. The molecule has 0 bridgehead atoms. The van der Waals surface area contributed by atoms with Crippen LogP contribution in [-0.2, 0) is 6.54 Å². The molecule has 28 heavy (non-hydrogen) atoms. The van der Waals surface area contributed by atoms with Gasteiger partial charge in [0.2, 0.25) is 0 Å². The lowest BCUT2D eigenvalue weighted by Crippen LogP contribution is -2.45. The summed E-state index contributed by atoms with van der Waals surface area (Å²) in [7, 11) is 0. The van der Waals surface area contributed by atoms with E-state index in [0.717, 1.165) is 37.5 Å². The Bertz CT molecular complexity index is 1040. The van der Waals surface area contributed by atoms with Crippen molar-refractivity contribution in [3.63, 3.8) is 0 Å². The first-order chi connectivity index (χ1) is 13.6. The minimum absolute atomic E-state index is 0.0600. The van der Waals surface area contributed by atoms with Crippen LogP contribution in [0.5, 0.6) is 0 Å². The number of amides is 1. The number of carbonyl (C=O) groups is 1. The molecule has 7 heteroatoms. The van der Waals surface area contributed by atoms with Crippen molar-refractivity contribution >= 4 is 23.2 Å². The molecule has 0 saturated carbocycles. The smallest absolute Gasteiger partial charge is 0.270 e. The SMILES string of the molecule is O=C(NC1CCN(Cc2ccc(Cl)cc2)CC1)c1cnc2ccccn2c1=O. The first kappa shape index (κ1) is 18.7. The van der Waals surface area contributed by atoms with Crippen LogP contribution in [0.4, 0.5) is 0 Å². The van der Waals surface area contributed by atoms with Crippen LogP contribution in [0.2, 0.25) is 5.02 Å². The van der Waals surface area contributed by atoms with Gasteiger partial charge in [-0.3, -0.25) is 18.9 Å². The Labute approximate surface area is 167 Å². The number of hydrogen-bond donors (Lipinski definition) is 1. The summed E-state index contributed by atoms with van der Waals surface area (Å²) in [6.07, 6.45) is 4.68. The van der Waals surface area contributed by atoms with E-state index in [-0.39, 0.29) is 23.1 Å². The highest BCUT2D eigenvalue weighted by molar-refractivity contribution is 6.30. The van der Waals surface area contributed by atoms with Crippen LogP contribution >= 0.6 is 11.6 Å². The molecule has 144 valence electrons. The molecule has 0 aliphatic carbocycles. The Hall–Kier alpha value is -2.70. The number of aromatic nitrogens is 2. The summed E-state index contributed by atoms with van der Waals surface area (Å²) >= 11 is 5.93. The molecule has 1 aliphatic rings. The Balaban J connectivity index is 1.36. The van der Waals surface area contributed by atoms with Gasteiger partial charge in [0.15, 0.2) is 0 Å². The summed E-state index contributed by atoms with van der Waals surface area (Å²) in [5.74, 6) is -0.355. The lowest BCUT2D eigenvalue weighted by molar-refractivity contribution is 0.0907. The molecule has 1 aliphatic heterocycles. The summed E-state index contributed by atoms with van der Waals surface area (Å²) in [6, 6.07) is 13.2. The predicted octanol–water partition coefficient (Wildman–Crippen LogP) is 2.74. The van der Waals surface area contributed by atoms with Gasteiger partial charge in [0.25, 0.3) is 11.5 Å². The molecule has 0 atom stereocenters. The summed E-state index contributed by atoms with van der Waals surface area (Å²) in [6.45, 7) is 2.65. The largest absolute Gasteiger partial charge is 0.349 e. The Morgan fingerprint density at radius 2 is 1.89 bits per heavy atom. The van der Waals surface area contributed by atoms with E-state index in [0.29, 0.717) is 5.65 Å². The van der Waals surface area contributed by atoms with Gasteiger partial charge in [-0.15, -0.1) is 0 Å². The van der Waals surface area contributed by atoms with Crippen LogP contribution in [0.25, 0.3) is 5.65 Å². The number of nitrogens with one attached hydrogen (secondary N) is 1. The van der Waals surface area contributed by atoms with Crippen molar-refractivity contribution in [1.29, 1.82) is 0 Å². The second-order valence-corrected chi connectivity index (χ2v) is 7.49. The number of fused-ring (bicyclic) bond motifs is 1. The molecule has 0 spiro atoms. The number of benzene rings is 1. The molecule has 1 fully saturated rings. The minimum atomic E-state index is -0.355. The van der Waals surface area contributed by atoms with Crippen molar-refractivity contribution in [2.45, 2.75) is 25.4 Å².